The van der Waals surface area contributed by atoms with Crippen molar-refractivity contribution in [3.8, 4) is 22.8 Å². The number of hydrogen-bond acceptors (Lipinski definition) is 5. The van der Waals surface area contributed by atoms with Gasteiger partial charge in [-0.3, -0.25) is 9.48 Å². The summed E-state index contributed by atoms with van der Waals surface area (Å²) in [5.74, 6) is 2.55. The van der Waals surface area contributed by atoms with Gasteiger partial charge in [0, 0.05) is 31.1 Å². The highest BCUT2D eigenvalue weighted by molar-refractivity contribution is 7.20. The Hall–Kier alpha value is -2.54. The van der Waals surface area contributed by atoms with Crippen molar-refractivity contribution >= 4 is 27.5 Å². The topological polar surface area (TPSA) is 56.6 Å². The van der Waals surface area contributed by atoms with Gasteiger partial charge in [0.25, 0.3) is 5.91 Å². The second kappa shape index (κ2) is 7.71. The summed E-state index contributed by atoms with van der Waals surface area (Å²) in [6.07, 6.45) is 1.18. The van der Waals surface area contributed by atoms with Gasteiger partial charge in [-0.1, -0.05) is 13.8 Å². The molecule has 1 aliphatic heterocycles. The molecule has 1 saturated heterocycles. The number of carbonyl (C=O) groups is 1. The van der Waals surface area contributed by atoms with Crippen molar-refractivity contribution in [3.63, 3.8) is 0 Å². The molecule has 2 atom stereocenters. The molecule has 1 aromatic carbocycles. The molecular formula is C22H27N3O3S. The van der Waals surface area contributed by atoms with Crippen LogP contribution in [-0.4, -0.2) is 47.9 Å². The van der Waals surface area contributed by atoms with Gasteiger partial charge in [-0.2, -0.15) is 5.10 Å². The van der Waals surface area contributed by atoms with Crippen LogP contribution in [0.3, 0.4) is 0 Å². The standard InChI is InChI=1S/C22H27N3O3S/c1-13-8-14(2)12-25(11-13)21(26)19-10-16-20(23-24(3)22(16)29-19)15-6-7-17(27-4)18(9-15)28-5/h6-7,9-10,13-14H,8,11-12H2,1-5H3/t13-,14-/m1/s1. The van der Waals surface area contributed by atoms with Crippen molar-refractivity contribution < 1.29 is 14.3 Å². The molecule has 4 rings (SSSR count). The summed E-state index contributed by atoms with van der Waals surface area (Å²) < 4.78 is 12.6. The first-order valence-corrected chi connectivity index (χ1v) is 10.7. The minimum absolute atomic E-state index is 0.128. The highest BCUT2D eigenvalue weighted by Gasteiger charge is 2.28. The highest BCUT2D eigenvalue weighted by atomic mass is 32.1. The van der Waals surface area contributed by atoms with E-state index < -0.39 is 0 Å². The quantitative estimate of drug-likeness (QED) is 0.635. The molecule has 1 fully saturated rings. The minimum atomic E-state index is 0.128. The van der Waals surface area contributed by atoms with Crippen LogP contribution in [0.5, 0.6) is 11.5 Å². The SMILES string of the molecule is COc1ccc(-c2nn(C)c3sc(C(=O)N4C[C@H](C)C[C@@H](C)C4)cc23)cc1OC. The average molecular weight is 414 g/mol. The van der Waals surface area contributed by atoms with Gasteiger partial charge in [0.1, 0.15) is 10.5 Å². The van der Waals surface area contributed by atoms with Gasteiger partial charge < -0.3 is 14.4 Å². The number of carbonyl (C=O) groups excluding carboxylic acids is 1. The average Bonchev–Trinajstić information content (AvgIpc) is 3.26. The zero-order valence-corrected chi connectivity index (χ0v) is 18.4. The van der Waals surface area contributed by atoms with Crippen molar-refractivity contribution in [1.29, 1.82) is 0 Å². The van der Waals surface area contributed by atoms with Gasteiger partial charge >= 0.3 is 0 Å². The van der Waals surface area contributed by atoms with Crippen LogP contribution in [-0.2, 0) is 7.05 Å². The van der Waals surface area contributed by atoms with Crippen molar-refractivity contribution in [1.82, 2.24) is 14.7 Å². The van der Waals surface area contributed by atoms with E-state index in [1.807, 2.05) is 40.9 Å². The first-order valence-electron chi connectivity index (χ1n) is 9.89. The molecular weight excluding hydrogens is 386 g/mol. The second-order valence-corrected chi connectivity index (χ2v) is 9.06. The lowest BCUT2D eigenvalue weighted by atomic mass is 9.92. The zero-order chi connectivity index (χ0) is 20.7. The third-order valence-electron chi connectivity index (χ3n) is 5.54. The number of aromatic nitrogens is 2. The predicted octanol–water partition coefficient (Wildman–Crippen LogP) is 4.44. The van der Waals surface area contributed by atoms with Crippen molar-refractivity contribution in [2.24, 2.45) is 18.9 Å². The van der Waals surface area contributed by atoms with Crippen LogP contribution < -0.4 is 9.47 Å². The van der Waals surface area contributed by atoms with Crippen molar-refractivity contribution in [3.05, 3.63) is 29.1 Å². The molecule has 0 aliphatic carbocycles. The first-order chi connectivity index (χ1) is 13.9. The summed E-state index contributed by atoms with van der Waals surface area (Å²) >= 11 is 1.51. The Morgan fingerprint density at radius 3 is 2.45 bits per heavy atom. The number of rotatable bonds is 4. The lowest BCUT2D eigenvalue weighted by molar-refractivity contribution is 0.0628. The minimum Gasteiger partial charge on any atom is -0.493 e. The normalized spacial score (nSPS) is 19.6. The number of nitrogens with zero attached hydrogens (tertiary/aromatic N) is 3. The number of ether oxygens (including phenoxy) is 2. The van der Waals surface area contributed by atoms with E-state index in [0.717, 1.165) is 39.4 Å². The molecule has 0 N–H and O–H groups in total. The fourth-order valence-electron chi connectivity index (χ4n) is 4.33. The van der Waals surface area contributed by atoms with Crippen LogP contribution in [0.2, 0.25) is 0 Å². The Bertz CT molecular complexity index is 1050. The fourth-order valence-corrected chi connectivity index (χ4v) is 5.37. The maximum absolute atomic E-state index is 13.2. The molecule has 6 nitrogen and oxygen atoms in total. The molecule has 3 heterocycles. The molecule has 2 aromatic heterocycles. The van der Waals surface area contributed by atoms with Crippen LogP contribution in [0.15, 0.2) is 24.3 Å². The number of fused-ring (bicyclic) bond motifs is 1. The number of methoxy groups -OCH3 is 2. The smallest absolute Gasteiger partial charge is 0.264 e. The monoisotopic (exact) mass is 413 g/mol. The Morgan fingerprint density at radius 2 is 1.79 bits per heavy atom. The van der Waals surface area contributed by atoms with E-state index in [2.05, 4.69) is 13.8 Å². The number of benzene rings is 1. The van der Waals surface area contributed by atoms with E-state index in [4.69, 9.17) is 14.6 Å². The molecule has 154 valence electrons. The summed E-state index contributed by atoms with van der Waals surface area (Å²) in [6, 6.07) is 7.76. The third-order valence-corrected chi connectivity index (χ3v) is 6.73. The van der Waals surface area contributed by atoms with E-state index in [1.54, 1.807) is 14.2 Å². The highest BCUT2D eigenvalue weighted by Crippen LogP contribution is 2.38. The Kier molecular flexibility index (Phi) is 5.25. The number of aryl methyl sites for hydroxylation is 1. The van der Waals surface area contributed by atoms with Gasteiger partial charge in [0.05, 0.1) is 19.1 Å². The fraction of sp³-hybridized carbons (Fsp3) is 0.455. The van der Waals surface area contributed by atoms with E-state index in [-0.39, 0.29) is 5.91 Å². The molecule has 0 unspecified atom stereocenters. The van der Waals surface area contributed by atoms with Gasteiger partial charge in [0.2, 0.25) is 0 Å². The predicted molar refractivity (Wildman–Crippen MR) is 116 cm³/mol. The number of likely N-dealkylation sites (tertiary alicyclic amines) is 1. The van der Waals surface area contributed by atoms with Gasteiger partial charge in [-0.05, 0) is 42.5 Å². The molecule has 1 aliphatic rings. The number of hydrogen-bond donors (Lipinski definition) is 0. The molecule has 0 bridgehead atoms. The van der Waals surface area contributed by atoms with Crippen LogP contribution in [0.25, 0.3) is 21.5 Å². The number of piperidine rings is 1. The first kappa shape index (κ1) is 19.8. The Labute approximate surface area is 175 Å². The summed E-state index contributed by atoms with van der Waals surface area (Å²) in [6.45, 7) is 6.11. The van der Waals surface area contributed by atoms with Gasteiger partial charge in [0.15, 0.2) is 11.5 Å². The van der Waals surface area contributed by atoms with Gasteiger partial charge in [-0.25, -0.2) is 0 Å². The van der Waals surface area contributed by atoms with Crippen LogP contribution >= 0.6 is 11.3 Å². The molecule has 0 radical (unpaired) electrons. The maximum Gasteiger partial charge on any atom is 0.264 e. The van der Waals surface area contributed by atoms with E-state index in [1.165, 1.54) is 17.8 Å². The van der Waals surface area contributed by atoms with E-state index >= 15 is 0 Å². The van der Waals surface area contributed by atoms with Crippen LogP contribution in [0.4, 0.5) is 0 Å². The van der Waals surface area contributed by atoms with Crippen LogP contribution in [0.1, 0.15) is 29.9 Å². The lowest BCUT2D eigenvalue weighted by Gasteiger charge is -2.34. The van der Waals surface area contributed by atoms with Crippen molar-refractivity contribution in [2.75, 3.05) is 27.3 Å². The summed E-state index contributed by atoms with van der Waals surface area (Å²) in [4.78, 5) is 16.9. The third kappa shape index (κ3) is 3.59. The molecule has 3 aromatic rings. The largest absolute Gasteiger partial charge is 0.493 e. The molecule has 29 heavy (non-hydrogen) atoms. The molecule has 1 amide bonds. The Balaban J connectivity index is 1.72. The van der Waals surface area contributed by atoms with E-state index in [9.17, 15) is 4.79 Å². The zero-order valence-electron chi connectivity index (χ0n) is 17.6. The Morgan fingerprint density at radius 1 is 1.10 bits per heavy atom. The molecule has 0 saturated carbocycles. The van der Waals surface area contributed by atoms with Gasteiger partial charge in [-0.15, -0.1) is 11.3 Å². The number of amides is 1. The second-order valence-electron chi connectivity index (χ2n) is 8.03. The van der Waals surface area contributed by atoms with Crippen molar-refractivity contribution in [2.45, 2.75) is 20.3 Å². The maximum atomic E-state index is 13.2. The summed E-state index contributed by atoms with van der Waals surface area (Å²) in [5, 5.41) is 5.69. The number of thiophene rings is 1. The lowest BCUT2D eigenvalue weighted by Crippen LogP contribution is -2.42. The van der Waals surface area contributed by atoms with Crippen LogP contribution in [0, 0.1) is 11.8 Å². The summed E-state index contributed by atoms with van der Waals surface area (Å²) in [7, 11) is 5.16. The summed E-state index contributed by atoms with van der Waals surface area (Å²) in [5.41, 5.74) is 1.78. The molecule has 7 heteroatoms. The van der Waals surface area contributed by atoms with E-state index in [0.29, 0.717) is 23.3 Å². The molecule has 0 spiro atoms.